The highest BCUT2D eigenvalue weighted by atomic mass is 15.1. The highest BCUT2D eigenvalue weighted by Crippen LogP contribution is 2.21. The predicted octanol–water partition coefficient (Wildman–Crippen LogP) is 7.53. The quantitative estimate of drug-likeness (QED) is 0.398. The number of unbranched alkanes of at least 4 members (excludes halogenated alkanes) is 4. The normalized spacial score (nSPS) is 16.5. The molecule has 1 heteroatoms. The third kappa shape index (κ3) is 9.17. The molecule has 0 aliphatic carbocycles. The zero-order valence-corrected chi connectivity index (χ0v) is 19.4. The van der Waals surface area contributed by atoms with Gasteiger partial charge in [0.2, 0.25) is 0 Å². The summed E-state index contributed by atoms with van der Waals surface area (Å²) in [6, 6.07) is 18.2. The minimum absolute atomic E-state index is 0.889. The van der Waals surface area contributed by atoms with E-state index >= 15 is 0 Å². The number of benzene rings is 2. The number of hydrogen-bond acceptors (Lipinski definition) is 1. The topological polar surface area (TPSA) is 3.24 Å². The van der Waals surface area contributed by atoms with Crippen molar-refractivity contribution < 1.29 is 0 Å². The van der Waals surface area contributed by atoms with Gasteiger partial charge in [0.05, 0.1) is 0 Å². The molecule has 0 saturated carbocycles. The zero-order chi connectivity index (χ0) is 20.9. The number of nitrogens with zero attached hydrogens (tertiary/aromatic N) is 1. The summed E-state index contributed by atoms with van der Waals surface area (Å²) in [5.74, 6) is 0. The maximum atomic E-state index is 2.56. The van der Waals surface area contributed by atoms with Crippen LogP contribution in [-0.4, -0.2) is 24.5 Å². The SMILES string of the molecule is CCc1ccccc1.Cc1ccc(C)c(CCCCCCCC2CCCN2C)c1. The van der Waals surface area contributed by atoms with Gasteiger partial charge < -0.3 is 4.90 Å². The molecule has 1 fully saturated rings. The van der Waals surface area contributed by atoms with E-state index in [1.807, 2.05) is 6.07 Å². The molecule has 3 rings (SSSR count). The number of aryl methyl sites for hydroxylation is 4. The lowest BCUT2D eigenvalue weighted by molar-refractivity contribution is 0.289. The maximum absolute atomic E-state index is 2.56. The van der Waals surface area contributed by atoms with Crippen molar-refractivity contribution >= 4 is 0 Å². The van der Waals surface area contributed by atoms with Crippen LogP contribution in [0.1, 0.15) is 80.5 Å². The minimum atomic E-state index is 0.889. The molecular weight excluding hydrogens is 350 g/mol. The minimum Gasteiger partial charge on any atom is -0.303 e. The van der Waals surface area contributed by atoms with Gasteiger partial charge in [-0.3, -0.25) is 0 Å². The number of rotatable bonds is 9. The van der Waals surface area contributed by atoms with Crippen molar-refractivity contribution in [2.75, 3.05) is 13.6 Å². The van der Waals surface area contributed by atoms with Crippen molar-refractivity contribution in [2.45, 2.75) is 91.0 Å². The van der Waals surface area contributed by atoms with E-state index < -0.39 is 0 Å². The molecule has 0 aromatic heterocycles. The number of likely N-dealkylation sites (tertiary alicyclic amines) is 1. The molecule has 1 nitrogen and oxygen atoms in total. The van der Waals surface area contributed by atoms with Gasteiger partial charge in [-0.25, -0.2) is 0 Å². The second-order valence-electron chi connectivity index (χ2n) is 8.85. The van der Waals surface area contributed by atoms with E-state index in [0.29, 0.717) is 0 Å². The Balaban J connectivity index is 0.000000313. The molecule has 2 aromatic carbocycles. The van der Waals surface area contributed by atoms with Crippen LogP contribution >= 0.6 is 0 Å². The van der Waals surface area contributed by atoms with Crippen LogP contribution in [0.2, 0.25) is 0 Å². The van der Waals surface area contributed by atoms with E-state index in [1.54, 1.807) is 5.56 Å². The predicted molar refractivity (Wildman–Crippen MR) is 129 cm³/mol. The summed E-state index contributed by atoms with van der Waals surface area (Å²) in [5, 5.41) is 0. The van der Waals surface area contributed by atoms with E-state index in [0.717, 1.165) is 12.5 Å². The molecule has 0 bridgehead atoms. The van der Waals surface area contributed by atoms with Crippen molar-refractivity contribution in [3.8, 4) is 0 Å². The van der Waals surface area contributed by atoms with Crippen LogP contribution in [-0.2, 0) is 12.8 Å². The van der Waals surface area contributed by atoms with Crippen molar-refractivity contribution in [3.63, 3.8) is 0 Å². The second-order valence-corrected chi connectivity index (χ2v) is 8.85. The summed E-state index contributed by atoms with van der Waals surface area (Å²) >= 11 is 0. The Bertz CT molecular complexity index is 676. The summed E-state index contributed by atoms with van der Waals surface area (Å²) in [4.78, 5) is 2.56. The third-order valence-electron chi connectivity index (χ3n) is 6.41. The van der Waals surface area contributed by atoms with Crippen LogP contribution in [0.5, 0.6) is 0 Å². The molecule has 1 saturated heterocycles. The molecule has 160 valence electrons. The number of hydrogen-bond donors (Lipinski definition) is 0. The fourth-order valence-corrected chi connectivity index (χ4v) is 4.35. The lowest BCUT2D eigenvalue weighted by atomic mass is 9.99. The summed E-state index contributed by atoms with van der Waals surface area (Å²) < 4.78 is 0. The standard InChI is InChI=1S/C20H33N.C8H10/c1-17-13-14-18(2)19(16-17)10-7-5-4-6-8-11-20-12-9-15-21(20)3;1-2-8-6-4-3-5-7-8/h13-14,16,20H,4-12,15H2,1-3H3;3-7H,2H2,1H3. The molecule has 0 N–H and O–H groups in total. The molecule has 1 atom stereocenters. The lowest BCUT2D eigenvalue weighted by Gasteiger charge is -2.18. The Hall–Kier alpha value is -1.60. The average molecular weight is 394 g/mol. The fourth-order valence-electron chi connectivity index (χ4n) is 4.35. The van der Waals surface area contributed by atoms with Crippen LogP contribution in [0, 0.1) is 13.8 Å². The molecule has 0 amide bonds. The van der Waals surface area contributed by atoms with E-state index in [9.17, 15) is 0 Å². The summed E-state index contributed by atoms with van der Waals surface area (Å²) in [6.07, 6.45) is 13.7. The van der Waals surface area contributed by atoms with Gasteiger partial charge in [0, 0.05) is 6.04 Å². The molecular formula is C28H43N. The molecule has 2 aromatic rings. The fraction of sp³-hybridized carbons (Fsp3) is 0.571. The Morgan fingerprint density at radius 1 is 0.897 bits per heavy atom. The van der Waals surface area contributed by atoms with Crippen molar-refractivity contribution in [2.24, 2.45) is 0 Å². The molecule has 0 spiro atoms. The van der Waals surface area contributed by atoms with Gasteiger partial charge in [-0.15, -0.1) is 0 Å². The van der Waals surface area contributed by atoms with Gasteiger partial charge in [0.15, 0.2) is 0 Å². The Morgan fingerprint density at radius 3 is 2.28 bits per heavy atom. The lowest BCUT2D eigenvalue weighted by Crippen LogP contribution is -2.24. The molecule has 1 heterocycles. The van der Waals surface area contributed by atoms with Gasteiger partial charge in [-0.2, -0.15) is 0 Å². The van der Waals surface area contributed by atoms with Gasteiger partial charge in [-0.1, -0.05) is 86.7 Å². The molecule has 29 heavy (non-hydrogen) atoms. The molecule has 0 radical (unpaired) electrons. The van der Waals surface area contributed by atoms with E-state index in [1.165, 1.54) is 81.0 Å². The first kappa shape index (κ1) is 23.7. The first-order chi connectivity index (χ1) is 14.1. The first-order valence-corrected chi connectivity index (χ1v) is 11.9. The highest BCUT2D eigenvalue weighted by Gasteiger charge is 2.19. The van der Waals surface area contributed by atoms with Crippen LogP contribution in [0.25, 0.3) is 0 Å². The van der Waals surface area contributed by atoms with E-state index in [2.05, 4.69) is 75.2 Å². The maximum Gasteiger partial charge on any atom is 0.00926 e. The Labute approximate surface area is 180 Å². The monoisotopic (exact) mass is 393 g/mol. The van der Waals surface area contributed by atoms with Gasteiger partial charge in [-0.05, 0) is 82.7 Å². The van der Waals surface area contributed by atoms with Gasteiger partial charge >= 0.3 is 0 Å². The third-order valence-corrected chi connectivity index (χ3v) is 6.41. The van der Waals surface area contributed by atoms with E-state index in [-0.39, 0.29) is 0 Å². The Kier molecular flexibility index (Phi) is 11.1. The summed E-state index contributed by atoms with van der Waals surface area (Å²) in [6.45, 7) is 7.92. The average Bonchev–Trinajstić information content (AvgIpc) is 3.15. The molecule has 1 aliphatic rings. The smallest absolute Gasteiger partial charge is 0.00926 e. The van der Waals surface area contributed by atoms with Crippen molar-refractivity contribution in [1.82, 2.24) is 4.90 Å². The van der Waals surface area contributed by atoms with Crippen molar-refractivity contribution in [3.05, 3.63) is 70.8 Å². The summed E-state index contributed by atoms with van der Waals surface area (Å²) in [7, 11) is 2.29. The first-order valence-electron chi connectivity index (χ1n) is 11.9. The van der Waals surface area contributed by atoms with Crippen LogP contribution in [0.3, 0.4) is 0 Å². The summed E-state index contributed by atoms with van der Waals surface area (Å²) in [5.41, 5.74) is 5.83. The van der Waals surface area contributed by atoms with Gasteiger partial charge in [0.1, 0.15) is 0 Å². The van der Waals surface area contributed by atoms with E-state index in [4.69, 9.17) is 0 Å². The van der Waals surface area contributed by atoms with Crippen LogP contribution < -0.4 is 0 Å². The molecule has 1 aliphatic heterocycles. The Morgan fingerprint density at radius 2 is 1.62 bits per heavy atom. The van der Waals surface area contributed by atoms with Crippen molar-refractivity contribution in [1.29, 1.82) is 0 Å². The highest BCUT2D eigenvalue weighted by molar-refractivity contribution is 5.30. The van der Waals surface area contributed by atoms with Gasteiger partial charge in [0.25, 0.3) is 0 Å². The molecule has 1 unspecified atom stereocenters. The second kappa shape index (κ2) is 13.6. The zero-order valence-electron chi connectivity index (χ0n) is 19.4. The van der Waals surface area contributed by atoms with Crippen LogP contribution in [0.4, 0.5) is 0 Å². The van der Waals surface area contributed by atoms with Crippen LogP contribution in [0.15, 0.2) is 48.5 Å². The largest absolute Gasteiger partial charge is 0.303 e.